The minimum atomic E-state index is -1.22. The number of piperidine rings is 1. The number of oxazole rings is 1. The van der Waals surface area contributed by atoms with Gasteiger partial charge in [-0.3, -0.25) is 4.79 Å². The van der Waals surface area contributed by atoms with Crippen molar-refractivity contribution >= 4 is 28.8 Å². The van der Waals surface area contributed by atoms with Gasteiger partial charge in [-0.2, -0.15) is 5.26 Å². The van der Waals surface area contributed by atoms with Gasteiger partial charge in [-0.25, -0.2) is 9.78 Å². The number of hydrogen-bond donors (Lipinski definition) is 3. The first-order valence-corrected chi connectivity index (χ1v) is 11.2. The summed E-state index contributed by atoms with van der Waals surface area (Å²) >= 11 is 0. The van der Waals surface area contributed by atoms with Gasteiger partial charge in [0, 0.05) is 29.9 Å². The number of carbonyl (C=O) groups excluding carboxylic acids is 1. The van der Waals surface area contributed by atoms with Crippen molar-refractivity contribution in [2.45, 2.75) is 38.4 Å². The molecule has 3 aromatic rings. The lowest BCUT2D eigenvalue weighted by atomic mass is 9.95. The van der Waals surface area contributed by atoms with Crippen LogP contribution in [0.3, 0.4) is 0 Å². The Morgan fingerprint density at radius 2 is 1.94 bits per heavy atom. The Balaban J connectivity index is 1.40. The zero-order valence-electron chi connectivity index (χ0n) is 19.4. The highest BCUT2D eigenvalue weighted by atomic mass is 16.5. The fourth-order valence-corrected chi connectivity index (χ4v) is 3.98. The zero-order chi connectivity index (χ0) is 25.2. The molecule has 182 valence electrons. The highest BCUT2D eigenvalue weighted by Gasteiger charge is 2.25. The van der Waals surface area contributed by atoms with Gasteiger partial charge in [0.05, 0.1) is 23.3 Å². The number of nitriles is 1. The van der Waals surface area contributed by atoms with Gasteiger partial charge >= 0.3 is 6.09 Å². The molecule has 2 amide bonds. The van der Waals surface area contributed by atoms with E-state index in [2.05, 4.69) is 16.4 Å². The van der Waals surface area contributed by atoms with Crippen molar-refractivity contribution in [1.29, 1.82) is 5.26 Å². The topological polar surface area (TPSA) is 149 Å². The van der Waals surface area contributed by atoms with Crippen LogP contribution in [-0.2, 0) is 15.1 Å². The van der Waals surface area contributed by atoms with Crippen LogP contribution in [0.5, 0.6) is 0 Å². The molecule has 0 spiro atoms. The maximum atomic E-state index is 12.3. The van der Waals surface area contributed by atoms with E-state index in [-0.39, 0.29) is 18.6 Å². The molecular formula is C25H26N4O6. The number of nitrogens with one attached hydrogen (secondary N) is 1. The number of benzene rings is 2. The zero-order valence-corrected chi connectivity index (χ0v) is 19.4. The molecular weight excluding hydrogens is 452 g/mol. The molecule has 0 atom stereocenters. The van der Waals surface area contributed by atoms with E-state index in [9.17, 15) is 20.0 Å². The van der Waals surface area contributed by atoms with Gasteiger partial charge in [0.1, 0.15) is 12.1 Å². The van der Waals surface area contributed by atoms with Crippen molar-refractivity contribution in [3.63, 3.8) is 0 Å². The monoisotopic (exact) mass is 478 g/mol. The van der Waals surface area contributed by atoms with E-state index in [4.69, 9.17) is 14.3 Å². The third-order valence-electron chi connectivity index (χ3n) is 5.86. The highest BCUT2D eigenvalue weighted by Crippen LogP contribution is 2.33. The van der Waals surface area contributed by atoms with Gasteiger partial charge in [-0.05, 0) is 63.1 Å². The van der Waals surface area contributed by atoms with E-state index in [1.807, 2.05) is 0 Å². The Morgan fingerprint density at radius 1 is 1.26 bits per heavy atom. The minimum absolute atomic E-state index is 0.119. The Kier molecular flexibility index (Phi) is 6.73. The average Bonchev–Trinajstić information content (AvgIpc) is 3.26. The van der Waals surface area contributed by atoms with Crippen molar-refractivity contribution in [2.24, 2.45) is 0 Å². The van der Waals surface area contributed by atoms with Gasteiger partial charge in [0.15, 0.2) is 5.58 Å². The Bertz CT molecular complexity index is 1280. The van der Waals surface area contributed by atoms with E-state index >= 15 is 0 Å². The molecule has 0 saturated carbocycles. The van der Waals surface area contributed by atoms with Crippen LogP contribution in [0.1, 0.15) is 37.8 Å². The van der Waals surface area contributed by atoms with Crippen molar-refractivity contribution in [1.82, 2.24) is 9.88 Å². The first-order chi connectivity index (χ1) is 16.6. The fourth-order valence-electron chi connectivity index (χ4n) is 3.98. The molecule has 2 heterocycles. The van der Waals surface area contributed by atoms with Crippen molar-refractivity contribution in [3.8, 4) is 17.5 Å². The molecule has 1 aliphatic rings. The summed E-state index contributed by atoms with van der Waals surface area (Å²) in [7, 11) is 0. The number of carboxylic acid groups (broad SMARTS) is 1. The lowest BCUT2D eigenvalue weighted by molar-refractivity contribution is -0.123. The van der Waals surface area contributed by atoms with Gasteiger partial charge < -0.3 is 29.6 Å². The van der Waals surface area contributed by atoms with Crippen LogP contribution in [0.15, 0.2) is 40.8 Å². The number of nitrogens with zero attached hydrogens (tertiary/aromatic N) is 3. The van der Waals surface area contributed by atoms with Crippen molar-refractivity contribution in [3.05, 3.63) is 47.5 Å². The molecule has 0 radical (unpaired) electrons. The smallest absolute Gasteiger partial charge is 0.407 e. The number of likely N-dealkylation sites (tertiary alicyclic amines) is 1. The molecule has 1 saturated heterocycles. The van der Waals surface area contributed by atoms with Crippen molar-refractivity contribution < 1.29 is 29.0 Å². The number of amides is 2. The van der Waals surface area contributed by atoms with E-state index in [0.717, 1.165) is 0 Å². The summed E-state index contributed by atoms with van der Waals surface area (Å²) in [5, 5.41) is 31.6. The first-order valence-electron chi connectivity index (χ1n) is 11.2. The molecule has 35 heavy (non-hydrogen) atoms. The van der Waals surface area contributed by atoms with E-state index in [0.29, 0.717) is 65.3 Å². The van der Waals surface area contributed by atoms with E-state index in [1.54, 1.807) is 50.2 Å². The molecule has 4 rings (SSSR count). The Morgan fingerprint density at radius 3 is 2.54 bits per heavy atom. The Hall–Kier alpha value is -3.94. The van der Waals surface area contributed by atoms with Crippen LogP contribution in [0, 0.1) is 11.3 Å². The van der Waals surface area contributed by atoms with Crippen LogP contribution in [0.25, 0.3) is 22.6 Å². The molecule has 10 nitrogen and oxygen atoms in total. The van der Waals surface area contributed by atoms with Crippen LogP contribution >= 0.6 is 0 Å². The predicted octanol–water partition coefficient (Wildman–Crippen LogP) is 3.69. The summed E-state index contributed by atoms with van der Waals surface area (Å²) in [6.07, 6.45) is 0.0356. The standard InChI is InChI=1S/C25H26N4O6/c1-25(2,33)19-11-15(13-26)12-20-22(19)35-23(28-20)16-3-5-17(6-4-16)27-21(30)14-34-18-7-9-29(10-8-18)24(31)32/h3-6,11-12,18,33H,7-10,14H2,1-2H3,(H,27,30)(H,31,32). The first kappa shape index (κ1) is 24.2. The maximum absolute atomic E-state index is 12.3. The van der Waals surface area contributed by atoms with Gasteiger partial charge in [-0.1, -0.05) is 0 Å². The lowest BCUT2D eigenvalue weighted by Crippen LogP contribution is -2.40. The second-order valence-electron chi connectivity index (χ2n) is 8.97. The number of rotatable bonds is 6. The number of ether oxygens (including phenoxy) is 1. The summed E-state index contributed by atoms with van der Waals surface area (Å²) in [4.78, 5) is 29.0. The molecule has 1 aliphatic heterocycles. The molecule has 3 N–H and O–H groups in total. The van der Waals surface area contributed by atoms with Gasteiger partial charge in [-0.15, -0.1) is 0 Å². The summed E-state index contributed by atoms with van der Waals surface area (Å²) in [6.45, 7) is 3.91. The summed E-state index contributed by atoms with van der Waals surface area (Å²) in [6, 6.07) is 12.2. The predicted molar refractivity (Wildman–Crippen MR) is 127 cm³/mol. The third-order valence-corrected chi connectivity index (χ3v) is 5.86. The van der Waals surface area contributed by atoms with Crippen LogP contribution < -0.4 is 5.32 Å². The van der Waals surface area contributed by atoms with Gasteiger partial charge in [0.2, 0.25) is 11.8 Å². The highest BCUT2D eigenvalue weighted by molar-refractivity contribution is 5.92. The molecule has 0 unspecified atom stereocenters. The largest absolute Gasteiger partial charge is 0.465 e. The number of aromatic nitrogens is 1. The SMILES string of the molecule is CC(C)(O)c1cc(C#N)cc2nc(-c3ccc(NC(=O)COC4CCN(C(=O)O)CC4)cc3)oc12. The lowest BCUT2D eigenvalue weighted by Gasteiger charge is -2.29. The molecule has 0 aliphatic carbocycles. The van der Waals surface area contributed by atoms with E-state index < -0.39 is 11.7 Å². The molecule has 0 bridgehead atoms. The van der Waals surface area contributed by atoms with Crippen molar-refractivity contribution in [2.75, 3.05) is 25.0 Å². The summed E-state index contributed by atoms with van der Waals surface area (Å²) < 4.78 is 11.6. The Labute approximate surface area is 201 Å². The van der Waals surface area contributed by atoms with Crippen LogP contribution in [-0.4, -0.2) is 57.9 Å². The number of carbonyl (C=O) groups is 2. The quantitative estimate of drug-likeness (QED) is 0.486. The van der Waals surface area contributed by atoms with E-state index in [1.165, 1.54) is 4.90 Å². The summed E-state index contributed by atoms with van der Waals surface area (Å²) in [5.41, 5.74) is 1.76. The number of hydrogen-bond acceptors (Lipinski definition) is 7. The number of fused-ring (bicyclic) bond motifs is 1. The van der Waals surface area contributed by atoms with Gasteiger partial charge in [0.25, 0.3) is 0 Å². The molecule has 1 aromatic heterocycles. The van der Waals surface area contributed by atoms with Crippen LogP contribution in [0.4, 0.5) is 10.5 Å². The molecule has 1 fully saturated rings. The third kappa shape index (κ3) is 5.59. The number of aliphatic hydroxyl groups is 1. The minimum Gasteiger partial charge on any atom is -0.465 e. The fraction of sp³-hybridized carbons (Fsp3) is 0.360. The normalized spacial score (nSPS) is 14.6. The maximum Gasteiger partial charge on any atom is 0.407 e. The summed E-state index contributed by atoms with van der Waals surface area (Å²) in [5.74, 6) is 0.0219. The number of anilines is 1. The second kappa shape index (κ2) is 9.74. The van der Waals surface area contributed by atoms with Crippen LogP contribution in [0.2, 0.25) is 0 Å². The average molecular weight is 479 g/mol. The second-order valence-corrected chi connectivity index (χ2v) is 8.97. The molecule has 10 heteroatoms. The molecule has 2 aromatic carbocycles.